The van der Waals surface area contributed by atoms with Crippen LogP contribution in [0.4, 0.5) is 0 Å². The van der Waals surface area contributed by atoms with Gasteiger partial charge in [-0.3, -0.25) is 19.1 Å². The zero-order chi connectivity index (χ0) is 19.6. The number of hydrogen-bond acceptors (Lipinski definition) is 6. The number of aromatic nitrogens is 2. The number of carbonyl (C=O) groups is 1. The maximum atomic E-state index is 12.4. The van der Waals surface area contributed by atoms with Crippen LogP contribution in [0.25, 0.3) is 0 Å². The molecule has 9 nitrogen and oxygen atoms in total. The third-order valence-electron chi connectivity index (χ3n) is 5.28. The summed E-state index contributed by atoms with van der Waals surface area (Å²) in [6.45, 7) is -0.0932. The fourth-order valence-corrected chi connectivity index (χ4v) is 3.81. The topological polar surface area (TPSA) is 134 Å². The van der Waals surface area contributed by atoms with E-state index in [-0.39, 0.29) is 30.0 Å². The molecule has 10 heteroatoms. The minimum Gasteiger partial charge on any atom is -0.388 e. The summed E-state index contributed by atoms with van der Waals surface area (Å²) in [4.78, 5) is 37.6. The molecule has 2 heterocycles. The quantitative estimate of drug-likeness (QED) is 0.531. The molecule has 2 aliphatic rings. The number of aliphatic hydroxyl groups is 2. The Hall–Kier alpha value is -1.68. The van der Waals surface area contributed by atoms with Gasteiger partial charge in [-0.05, 0) is 12.8 Å². The van der Waals surface area contributed by atoms with E-state index in [1.807, 2.05) is 0 Å². The van der Waals surface area contributed by atoms with Crippen molar-refractivity contribution in [3.05, 3.63) is 32.1 Å². The van der Waals surface area contributed by atoms with E-state index in [0.717, 1.165) is 42.9 Å². The standard InChI is InChI=1S/C17H24ClN3O6/c18-10-6-21(17(26)20-16(10)25)7-12-14(23)13(22)11(8-27-12)19-15(24)9-4-2-1-3-5-9/h6,9,11-14,22-23H,1-5,7-8H2,(H,19,24)(H,20,25,26)/t11-,12-,13+,14-/m1/s1. The van der Waals surface area contributed by atoms with Crippen molar-refractivity contribution in [3.8, 4) is 0 Å². The van der Waals surface area contributed by atoms with Crippen LogP contribution in [0.2, 0.25) is 5.02 Å². The first-order valence-corrected chi connectivity index (χ1v) is 9.52. The first-order valence-electron chi connectivity index (χ1n) is 9.14. The molecule has 1 amide bonds. The number of halogens is 1. The first kappa shape index (κ1) is 20.1. The van der Waals surface area contributed by atoms with Gasteiger partial charge in [0, 0.05) is 12.1 Å². The molecule has 4 N–H and O–H groups in total. The van der Waals surface area contributed by atoms with E-state index in [4.69, 9.17) is 16.3 Å². The van der Waals surface area contributed by atoms with Crippen molar-refractivity contribution in [1.82, 2.24) is 14.9 Å². The Labute approximate surface area is 160 Å². The number of nitrogens with one attached hydrogen (secondary N) is 2. The van der Waals surface area contributed by atoms with Gasteiger partial charge in [-0.1, -0.05) is 30.9 Å². The summed E-state index contributed by atoms with van der Waals surface area (Å²) in [6, 6.07) is -0.721. The van der Waals surface area contributed by atoms with Gasteiger partial charge in [-0.2, -0.15) is 0 Å². The van der Waals surface area contributed by atoms with Gasteiger partial charge < -0.3 is 20.3 Å². The van der Waals surface area contributed by atoms with E-state index < -0.39 is 35.6 Å². The zero-order valence-electron chi connectivity index (χ0n) is 14.8. The second-order valence-corrected chi connectivity index (χ2v) is 7.60. The maximum absolute atomic E-state index is 12.4. The monoisotopic (exact) mass is 401 g/mol. The predicted molar refractivity (Wildman–Crippen MR) is 96.6 cm³/mol. The highest BCUT2D eigenvalue weighted by Gasteiger charge is 2.40. The number of hydrogen-bond donors (Lipinski definition) is 4. The summed E-state index contributed by atoms with van der Waals surface area (Å²) in [7, 11) is 0. The summed E-state index contributed by atoms with van der Waals surface area (Å²) >= 11 is 5.72. The Morgan fingerprint density at radius 1 is 1.26 bits per heavy atom. The van der Waals surface area contributed by atoms with E-state index in [1.54, 1.807) is 0 Å². The summed E-state index contributed by atoms with van der Waals surface area (Å²) in [5.41, 5.74) is -1.39. The molecule has 1 aromatic heterocycles. The highest BCUT2D eigenvalue weighted by molar-refractivity contribution is 6.30. The lowest BCUT2D eigenvalue weighted by Gasteiger charge is -2.38. The van der Waals surface area contributed by atoms with Crippen LogP contribution in [0.15, 0.2) is 15.8 Å². The van der Waals surface area contributed by atoms with Crippen molar-refractivity contribution >= 4 is 17.5 Å². The molecule has 27 heavy (non-hydrogen) atoms. The fourth-order valence-electron chi connectivity index (χ4n) is 3.65. The summed E-state index contributed by atoms with van der Waals surface area (Å²) in [5, 5.41) is 23.3. The molecule has 0 radical (unpaired) electrons. The number of amides is 1. The minimum absolute atomic E-state index is 0.00713. The Balaban J connectivity index is 1.61. The van der Waals surface area contributed by atoms with Crippen molar-refractivity contribution in [3.63, 3.8) is 0 Å². The molecular weight excluding hydrogens is 378 g/mol. The van der Waals surface area contributed by atoms with Gasteiger partial charge >= 0.3 is 5.69 Å². The van der Waals surface area contributed by atoms with Crippen LogP contribution in [-0.2, 0) is 16.1 Å². The second-order valence-electron chi connectivity index (χ2n) is 7.19. The van der Waals surface area contributed by atoms with Crippen molar-refractivity contribution in [2.45, 2.75) is 63.0 Å². The molecule has 0 aromatic carbocycles. The fraction of sp³-hybridized carbons (Fsp3) is 0.706. The third-order valence-corrected chi connectivity index (χ3v) is 5.55. The van der Waals surface area contributed by atoms with Crippen LogP contribution in [0.1, 0.15) is 32.1 Å². The van der Waals surface area contributed by atoms with Gasteiger partial charge in [-0.25, -0.2) is 4.79 Å². The molecule has 1 saturated heterocycles. The number of aliphatic hydroxyl groups excluding tert-OH is 2. The van der Waals surface area contributed by atoms with Crippen molar-refractivity contribution in [1.29, 1.82) is 0 Å². The highest BCUT2D eigenvalue weighted by atomic mass is 35.5. The largest absolute Gasteiger partial charge is 0.388 e. The van der Waals surface area contributed by atoms with Crippen molar-refractivity contribution < 1.29 is 19.7 Å². The number of nitrogens with zero attached hydrogens (tertiary/aromatic N) is 1. The molecule has 0 bridgehead atoms. The van der Waals surface area contributed by atoms with E-state index in [0.29, 0.717) is 0 Å². The molecule has 1 saturated carbocycles. The Bertz CT molecular complexity index is 788. The first-order chi connectivity index (χ1) is 12.9. The van der Waals surface area contributed by atoms with Gasteiger partial charge in [0.1, 0.15) is 23.3 Å². The van der Waals surface area contributed by atoms with Gasteiger partial charge in [0.05, 0.1) is 19.2 Å². The van der Waals surface area contributed by atoms with Gasteiger partial charge in [0.25, 0.3) is 5.56 Å². The van der Waals surface area contributed by atoms with Crippen LogP contribution < -0.4 is 16.6 Å². The van der Waals surface area contributed by atoms with Crippen molar-refractivity contribution in [2.75, 3.05) is 6.61 Å². The smallest absolute Gasteiger partial charge is 0.328 e. The van der Waals surface area contributed by atoms with E-state index in [1.165, 1.54) is 0 Å². The van der Waals surface area contributed by atoms with Gasteiger partial charge in [-0.15, -0.1) is 0 Å². The minimum atomic E-state index is -1.31. The zero-order valence-corrected chi connectivity index (χ0v) is 15.5. The van der Waals surface area contributed by atoms with Crippen LogP contribution in [-0.4, -0.2) is 56.6 Å². The molecule has 1 aromatic rings. The second kappa shape index (κ2) is 8.55. The SMILES string of the molecule is O=C(N[C@@H]1CO[C@H](Cn2cc(Cl)c(=O)[nH]c2=O)[C@@H](O)[C@H]1O)C1CCCCC1. The number of ether oxygens (including phenoxy) is 1. The van der Waals surface area contributed by atoms with Gasteiger partial charge in [0.15, 0.2) is 0 Å². The molecule has 4 atom stereocenters. The van der Waals surface area contributed by atoms with Crippen LogP contribution in [0.3, 0.4) is 0 Å². The Morgan fingerprint density at radius 2 is 1.96 bits per heavy atom. The number of H-pyrrole nitrogens is 1. The summed E-state index contributed by atoms with van der Waals surface area (Å²) in [5.74, 6) is -0.195. The Kier molecular flexibility index (Phi) is 6.36. The Morgan fingerprint density at radius 3 is 2.67 bits per heavy atom. The molecule has 1 aliphatic heterocycles. The average molecular weight is 402 g/mol. The lowest BCUT2D eigenvalue weighted by Crippen LogP contribution is -2.60. The van der Waals surface area contributed by atoms with Crippen LogP contribution in [0.5, 0.6) is 0 Å². The maximum Gasteiger partial charge on any atom is 0.328 e. The third kappa shape index (κ3) is 4.60. The molecule has 1 aliphatic carbocycles. The number of rotatable bonds is 4. The molecular formula is C17H24ClN3O6. The van der Waals surface area contributed by atoms with Gasteiger partial charge in [0.2, 0.25) is 5.91 Å². The van der Waals surface area contributed by atoms with Crippen LogP contribution >= 0.6 is 11.6 Å². The summed E-state index contributed by atoms with van der Waals surface area (Å²) < 4.78 is 6.67. The van der Waals surface area contributed by atoms with Crippen LogP contribution in [0, 0.1) is 5.92 Å². The molecule has 2 fully saturated rings. The lowest BCUT2D eigenvalue weighted by atomic mass is 9.88. The number of carbonyl (C=O) groups excluding carboxylic acids is 1. The normalized spacial score (nSPS) is 29.4. The predicted octanol–water partition coefficient (Wildman–Crippen LogP) is -0.624. The molecule has 0 spiro atoms. The van der Waals surface area contributed by atoms with Crippen molar-refractivity contribution in [2.24, 2.45) is 5.92 Å². The molecule has 0 unspecified atom stereocenters. The average Bonchev–Trinajstić information content (AvgIpc) is 2.66. The molecule has 150 valence electrons. The van der Waals surface area contributed by atoms with E-state index in [2.05, 4.69) is 10.3 Å². The lowest BCUT2D eigenvalue weighted by molar-refractivity contribution is -0.160. The molecule has 3 rings (SSSR count). The summed E-state index contributed by atoms with van der Waals surface area (Å²) in [6.07, 6.45) is 2.55. The van der Waals surface area contributed by atoms with E-state index in [9.17, 15) is 24.6 Å². The highest BCUT2D eigenvalue weighted by Crippen LogP contribution is 2.24. The van der Waals surface area contributed by atoms with E-state index >= 15 is 0 Å². The number of aromatic amines is 1.